The molecule has 1 unspecified atom stereocenters. The smallest absolute Gasteiger partial charge is 0.220 e. The fourth-order valence-electron chi connectivity index (χ4n) is 3.03. The topological polar surface area (TPSA) is 83.6 Å². The molecule has 0 aliphatic heterocycles. The van der Waals surface area contributed by atoms with Gasteiger partial charge in [0.15, 0.2) is 5.82 Å². The fourth-order valence-corrected chi connectivity index (χ4v) is 3.62. The zero-order chi connectivity index (χ0) is 14.9. The zero-order valence-corrected chi connectivity index (χ0v) is 13.2. The van der Waals surface area contributed by atoms with Gasteiger partial charge in [0, 0.05) is 18.4 Å². The Morgan fingerprint density at radius 2 is 2.05 bits per heavy atom. The molecule has 0 spiro atoms. The van der Waals surface area contributed by atoms with E-state index < -0.39 is 4.33 Å². The highest BCUT2D eigenvalue weighted by Gasteiger charge is 2.50. The third kappa shape index (κ3) is 3.86. The van der Waals surface area contributed by atoms with Crippen molar-refractivity contribution in [3.8, 4) is 0 Å². The highest BCUT2D eigenvalue weighted by atomic mass is 35.5. The average molecular weight is 332 g/mol. The van der Waals surface area contributed by atoms with Gasteiger partial charge >= 0.3 is 0 Å². The van der Waals surface area contributed by atoms with Crippen molar-refractivity contribution < 1.29 is 4.79 Å². The summed E-state index contributed by atoms with van der Waals surface area (Å²) in [7, 11) is 0. The van der Waals surface area contributed by atoms with Gasteiger partial charge in [-0.05, 0) is 44.4 Å². The molecule has 3 rings (SSSR count). The van der Waals surface area contributed by atoms with Crippen molar-refractivity contribution in [1.29, 1.82) is 0 Å². The number of amides is 1. The highest BCUT2D eigenvalue weighted by Crippen LogP contribution is 2.55. The fraction of sp³-hybridized carbons (Fsp3) is 0.846. The van der Waals surface area contributed by atoms with Crippen molar-refractivity contribution in [1.82, 2.24) is 25.9 Å². The number of carbonyl (C=O) groups excluding carboxylic acids is 1. The van der Waals surface area contributed by atoms with E-state index in [9.17, 15) is 4.79 Å². The standard InChI is InChI=1S/C13H19Cl2N5O/c14-13(15)7-9(13)3-6-11(21)16-10-4-1-8(2-5-10)12-17-19-20-18-12/h8-10H,1-7H2,(H,16,21)(H,17,18,19,20). The molecule has 0 bridgehead atoms. The number of nitrogens with one attached hydrogen (secondary N) is 2. The largest absolute Gasteiger partial charge is 0.353 e. The monoisotopic (exact) mass is 331 g/mol. The molecule has 2 N–H and O–H groups in total. The highest BCUT2D eigenvalue weighted by molar-refractivity contribution is 6.50. The van der Waals surface area contributed by atoms with Crippen molar-refractivity contribution in [3.63, 3.8) is 0 Å². The number of rotatable bonds is 5. The second-order valence-corrected chi connectivity index (χ2v) is 7.63. The van der Waals surface area contributed by atoms with Gasteiger partial charge in [0.1, 0.15) is 4.33 Å². The Hall–Kier alpha value is -0.880. The van der Waals surface area contributed by atoms with Crippen LogP contribution in [-0.2, 0) is 4.79 Å². The van der Waals surface area contributed by atoms with Crippen molar-refractivity contribution in [2.75, 3.05) is 0 Å². The molecule has 1 amide bonds. The Kier molecular flexibility index (Phi) is 4.36. The van der Waals surface area contributed by atoms with E-state index in [-0.39, 0.29) is 17.9 Å². The number of halogens is 2. The summed E-state index contributed by atoms with van der Waals surface area (Å²) in [5.41, 5.74) is 0. The molecule has 2 aliphatic carbocycles. The molecule has 2 fully saturated rings. The Morgan fingerprint density at radius 1 is 1.33 bits per heavy atom. The van der Waals surface area contributed by atoms with Crippen molar-refractivity contribution in [3.05, 3.63) is 5.82 Å². The summed E-state index contributed by atoms with van der Waals surface area (Å²) in [6.07, 6.45) is 5.98. The maximum Gasteiger partial charge on any atom is 0.220 e. The molecular formula is C13H19Cl2N5O. The molecule has 1 aromatic heterocycles. The summed E-state index contributed by atoms with van der Waals surface area (Å²) in [6.45, 7) is 0. The van der Waals surface area contributed by atoms with Crippen LogP contribution in [0.25, 0.3) is 0 Å². The predicted octanol–water partition coefficient (Wildman–Crippen LogP) is 2.32. The van der Waals surface area contributed by atoms with Crippen LogP contribution in [0, 0.1) is 5.92 Å². The average Bonchev–Trinajstić information content (AvgIpc) is 2.88. The molecule has 1 atom stereocenters. The van der Waals surface area contributed by atoms with Gasteiger partial charge in [-0.3, -0.25) is 4.79 Å². The lowest BCUT2D eigenvalue weighted by Crippen LogP contribution is -2.37. The number of hydrogen-bond acceptors (Lipinski definition) is 4. The van der Waals surface area contributed by atoms with Crippen LogP contribution in [0.15, 0.2) is 0 Å². The SMILES string of the molecule is O=C(CCC1CC1(Cl)Cl)NC1CCC(c2nn[nH]n2)CC1. The van der Waals surface area contributed by atoms with Crippen LogP contribution >= 0.6 is 23.2 Å². The first-order valence-corrected chi connectivity index (χ1v) is 8.21. The summed E-state index contributed by atoms with van der Waals surface area (Å²) in [6, 6.07) is 0.261. The first-order valence-electron chi connectivity index (χ1n) is 7.45. The number of tetrazole rings is 1. The molecule has 2 saturated carbocycles. The maximum atomic E-state index is 11.9. The zero-order valence-electron chi connectivity index (χ0n) is 11.7. The van der Waals surface area contributed by atoms with E-state index in [1.807, 2.05) is 0 Å². The lowest BCUT2D eigenvalue weighted by atomic mass is 9.85. The third-order valence-corrected chi connectivity index (χ3v) is 5.42. The molecule has 1 aromatic rings. The minimum Gasteiger partial charge on any atom is -0.353 e. The van der Waals surface area contributed by atoms with E-state index >= 15 is 0 Å². The van der Waals surface area contributed by atoms with Gasteiger partial charge in [-0.1, -0.05) is 5.21 Å². The molecule has 116 valence electrons. The molecule has 6 nitrogen and oxygen atoms in total. The maximum absolute atomic E-state index is 11.9. The molecule has 21 heavy (non-hydrogen) atoms. The number of aromatic nitrogens is 4. The van der Waals surface area contributed by atoms with Gasteiger partial charge in [0.2, 0.25) is 5.91 Å². The van der Waals surface area contributed by atoms with Gasteiger partial charge in [-0.15, -0.1) is 33.4 Å². The van der Waals surface area contributed by atoms with Crippen LogP contribution in [0.5, 0.6) is 0 Å². The van der Waals surface area contributed by atoms with Crippen LogP contribution in [0.1, 0.15) is 56.7 Å². The third-order valence-electron chi connectivity index (χ3n) is 4.49. The molecule has 1 heterocycles. The number of alkyl halides is 2. The second kappa shape index (κ2) is 6.08. The van der Waals surface area contributed by atoms with E-state index in [4.69, 9.17) is 23.2 Å². The number of H-pyrrole nitrogens is 1. The Labute approximate surface area is 133 Å². The number of nitrogens with zero attached hydrogens (tertiary/aromatic N) is 3. The quantitative estimate of drug-likeness (QED) is 0.811. The van der Waals surface area contributed by atoms with Gasteiger partial charge in [-0.25, -0.2) is 0 Å². The van der Waals surface area contributed by atoms with E-state index in [0.29, 0.717) is 12.3 Å². The molecule has 0 saturated heterocycles. The second-order valence-electron chi connectivity index (χ2n) is 6.09. The van der Waals surface area contributed by atoms with E-state index in [1.165, 1.54) is 0 Å². The predicted molar refractivity (Wildman–Crippen MR) is 79.1 cm³/mol. The van der Waals surface area contributed by atoms with Crippen LogP contribution < -0.4 is 5.32 Å². The Balaban J connectivity index is 1.36. The van der Waals surface area contributed by atoms with E-state index in [2.05, 4.69) is 25.9 Å². The normalized spacial score (nSPS) is 30.9. The molecule has 0 aromatic carbocycles. The van der Waals surface area contributed by atoms with Crippen LogP contribution in [0.3, 0.4) is 0 Å². The summed E-state index contributed by atoms with van der Waals surface area (Å²) >= 11 is 11.9. The minimum absolute atomic E-state index is 0.106. The van der Waals surface area contributed by atoms with Gasteiger partial charge in [0.25, 0.3) is 0 Å². The van der Waals surface area contributed by atoms with Crippen LogP contribution in [-0.4, -0.2) is 36.9 Å². The Bertz CT molecular complexity index is 485. The summed E-state index contributed by atoms with van der Waals surface area (Å²) in [5.74, 6) is 1.53. The van der Waals surface area contributed by atoms with Gasteiger partial charge < -0.3 is 5.32 Å². The first-order chi connectivity index (χ1) is 10.0. The van der Waals surface area contributed by atoms with E-state index in [0.717, 1.165) is 44.3 Å². The summed E-state index contributed by atoms with van der Waals surface area (Å²) < 4.78 is -0.580. The number of carbonyl (C=O) groups is 1. The lowest BCUT2D eigenvalue weighted by molar-refractivity contribution is -0.122. The number of aromatic amines is 1. The van der Waals surface area contributed by atoms with Crippen LogP contribution in [0.4, 0.5) is 0 Å². The Morgan fingerprint density at radius 3 is 2.62 bits per heavy atom. The van der Waals surface area contributed by atoms with Gasteiger partial charge in [0.05, 0.1) is 0 Å². The molecular weight excluding hydrogens is 313 g/mol. The number of hydrogen-bond donors (Lipinski definition) is 2. The molecule has 8 heteroatoms. The first kappa shape index (κ1) is 15.0. The minimum atomic E-state index is -0.580. The van der Waals surface area contributed by atoms with Crippen LogP contribution in [0.2, 0.25) is 0 Å². The van der Waals surface area contributed by atoms with Gasteiger partial charge in [-0.2, -0.15) is 5.21 Å². The van der Waals surface area contributed by atoms with Crippen molar-refractivity contribution >= 4 is 29.1 Å². The summed E-state index contributed by atoms with van der Waals surface area (Å²) in [5, 5.41) is 17.3. The molecule has 0 radical (unpaired) electrons. The van der Waals surface area contributed by atoms with Crippen molar-refractivity contribution in [2.45, 2.75) is 61.2 Å². The molecule has 2 aliphatic rings. The van der Waals surface area contributed by atoms with Crippen molar-refractivity contribution in [2.24, 2.45) is 5.92 Å². The lowest BCUT2D eigenvalue weighted by Gasteiger charge is -2.27. The summed E-state index contributed by atoms with van der Waals surface area (Å²) in [4.78, 5) is 11.9. The van der Waals surface area contributed by atoms with E-state index in [1.54, 1.807) is 0 Å².